The zero-order valence-corrected chi connectivity index (χ0v) is 6.28. The van der Waals surface area contributed by atoms with Crippen LogP contribution in [0.3, 0.4) is 0 Å². The maximum Gasteiger partial charge on any atom is 0.0169 e. The van der Waals surface area contributed by atoms with E-state index in [0.29, 0.717) is 0 Å². The quantitative estimate of drug-likeness (QED) is 0.521. The van der Waals surface area contributed by atoms with Crippen molar-refractivity contribution in [3.05, 3.63) is 11.8 Å². The molecule has 1 saturated heterocycles. The standard InChI is InChI=1S/C8H15N/c1-3-8-5-4-7(2)6-9-8/h3,7,9H,4-6H2,1-2H3/b8-3+. The van der Waals surface area contributed by atoms with Crippen molar-refractivity contribution >= 4 is 0 Å². The van der Waals surface area contributed by atoms with Crippen molar-refractivity contribution in [2.24, 2.45) is 5.92 Å². The number of nitrogens with one attached hydrogen (secondary N) is 1. The predicted octanol–water partition coefficient (Wildman–Crippen LogP) is 1.91. The van der Waals surface area contributed by atoms with Crippen molar-refractivity contribution in [1.29, 1.82) is 0 Å². The largest absolute Gasteiger partial charge is 0.388 e. The van der Waals surface area contributed by atoms with Crippen LogP contribution in [0, 0.1) is 5.92 Å². The Hall–Kier alpha value is -0.460. The average Bonchev–Trinajstić information content (AvgIpc) is 1.90. The first-order valence-electron chi connectivity index (χ1n) is 3.72. The molecule has 1 N–H and O–H groups in total. The van der Waals surface area contributed by atoms with Gasteiger partial charge in [-0.05, 0) is 25.7 Å². The normalized spacial score (nSPS) is 32.2. The van der Waals surface area contributed by atoms with Gasteiger partial charge in [-0.1, -0.05) is 13.0 Å². The first-order chi connectivity index (χ1) is 4.33. The van der Waals surface area contributed by atoms with Crippen LogP contribution in [0.25, 0.3) is 0 Å². The van der Waals surface area contributed by atoms with Gasteiger partial charge in [0.2, 0.25) is 0 Å². The summed E-state index contributed by atoms with van der Waals surface area (Å²) in [6.07, 6.45) is 4.77. The van der Waals surface area contributed by atoms with E-state index in [9.17, 15) is 0 Å². The van der Waals surface area contributed by atoms with Crippen LogP contribution in [0.5, 0.6) is 0 Å². The van der Waals surface area contributed by atoms with E-state index in [2.05, 4.69) is 25.2 Å². The van der Waals surface area contributed by atoms with E-state index in [0.717, 1.165) is 5.92 Å². The summed E-state index contributed by atoms with van der Waals surface area (Å²) in [6, 6.07) is 0. The fourth-order valence-corrected chi connectivity index (χ4v) is 1.14. The number of allylic oxidation sites excluding steroid dienone is 2. The molecule has 1 fully saturated rings. The highest BCUT2D eigenvalue weighted by Crippen LogP contribution is 2.14. The van der Waals surface area contributed by atoms with Crippen LogP contribution in [0.15, 0.2) is 11.8 Å². The summed E-state index contributed by atoms with van der Waals surface area (Å²) in [5, 5.41) is 3.38. The maximum absolute atomic E-state index is 3.38. The molecular formula is C8H15N. The van der Waals surface area contributed by atoms with Crippen LogP contribution in [-0.4, -0.2) is 6.54 Å². The molecule has 0 radical (unpaired) electrons. The van der Waals surface area contributed by atoms with Gasteiger partial charge in [0.1, 0.15) is 0 Å². The fraction of sp³-hybridized carbons (Fsp3) is 0.750. The lowest BCUT2D eigenvalue weighted by atomic mass is 10.00. The molecule has 0 amide bonds. The van der Waals surface area contributed by atoms with Gasteiger partial charge in [-0.3, -0.25) is 0 Å². The summed E-state index contributed by atoms with van der Waals surface area (Å²) >= 11 is 0. The minimum absolute atomic E-state index is 0.869. The summed E-state index contributed by atoms with van der Waals surface area (Å²) in [7, 11) is 0. The second-order valence-corrected chi connectivity index (χ2v) is 2.84. The van der Waals surface area contributed by atoms with Crippen LogP contribution < -0.4 is 5.32 Å². The molecule has 0 spiro atoms. The van der Waals surface area contributed by atoms with E-state index in [1.165, 1.54) is 25.1 Å². The molecule has 1 unspecified atom stereocenters. The summed E-state index contributed by atoms with van der Waals surface area (Å²) < 4.78 is 0. The van der Waals surface area contributed by atoms with Crippen molar-refractivity contribution in [3.8, 4) is 0 Å². The van der Waals surface area contributed by atoms with E-state index in [-0.39, 0.29) is 0 Å². The van der Waals surface area contributed by atoms with Crippen molar-refractivity contribution in [3.63, 3.8) is 0 Å². The van der Waals surface area contributed by atoms with Gasteiger partial charge in [-0.2, -0.15) is 0 Å². The Morgan fingerprint density at radius 2 is 2.44 bits per heavy atom. The zero-order valence-electron chi connectivity index (χ0n) is 6.28. The highest BCUT2D eigenvalue weighted by Gasteiger charge is 2.09. The van der Waals surface area contributed by atoms with Crippen molar-refractivity contribution in [2.45, 2.75) is 26.7 Å². The highest BCUT2D eigenvalue weighted by molar-refractivity contribution is 5.00. The third-order valence-corrected chi connectivity index (χ3v) is 1.93. The lowest BCUT2D eigenvalue weighted by Crippen LogP contribution is -2.26. The van der Waals surface area contributed by atoms with Gasteiger partial charge in [0.15, 0.2) is 0 Å². The summed E-state index contributed by atoms with van der Waals surface area (Å²) in [6.45, 7) is 5.55. The van der Waals surface area contributed by atoms with Crippen molar-refractivity contribution in [2.75, 3.05) is 6.54 Å². The number of hydrogen-bond donors (Lipinski definition) is 1. The van der Waals surface area contributed by atoms with Gasteiger partial charge in [-0.25, -0.2) is 0 Å². The first kappa shape index (κ1) is 6.66. The molecule has 0 bridgehead atoms. The molecule has 9 heavy (non-hydrogen) atoms. The highest BCUT2D eigenvalue weighted by atomic mass is 14.9. The minimum atomic E-state index is 0.869. The van der Waals surface area contributed by atoms with Gasteiger partial charge in [0.05, 0.1) is 0 Å². The van der Waals surface area contributed by atoms with E-state index >= 15 is 0 Å². The van der Waals surface area contributed by atoms with E-state index in [1.807, 2.05) is 0 Å². The minimum Gasteiger partial charge on any atom is -0.388 e. The van der Waals surface area contributed by atoms with Gasteiger partial charge in [0.25, 0.3) is 0 Å². The van der Waals surface area contributed by atoms with Gasteiger partial charge < -0.3 is 5.32 Å². The van der Waals surface area contributed by atoms with Crippen LogP contribution in [0.2, 0.25) is 0 Å². The Morgan fingerprint density at radius 3 is 2.89 bits per heavy atom. The molecule has 1 rings (SSSR count). The first-order valence-corrected chi connectivity index (χ1v) is 3.72. The molecule has 52 valence electrons. The van der Waals surface area contributed by atoms with Crippen LogP contribution >= 0.6 is 0 Å². The molecule has 1 nitrogen and oxygen atoms in total. The molecule has 1 aliphatic heterocycles. The smallest absolute Gasteiger partial charge is 0.0169 e. The summed E-state index contributed by atoms with van der Waals surface area (Å²) in [5.74, 6) is 0.869. The Balaban J connectivity index is 2.35. The third kappa shape index (κ3) is 1.74. The molecule has 1 heteroatoms. The molecule has 1 atom stereocenters. The topological polar surface area (TPSA) is 12.0 Å². The lowest BCUT2D eigenvalue weighted by molar-refractivity contribution is 0.448. The Labute approximate surface area is 57.1 Å². The van der Waals surface area contributed by atoms with Gasteiger partial charge in [0, 0.05) is 12.2 Å². The maximum atomic E-state index is 3.38. The molecule has 1 aliphatic rings. The number of hydrogen-bond acceptors (Lipinski definition) is 1. The zero-order chi connectivity index (χ0) is 6.69. The molecule has 0 aromatic carbocycles. The summed E-state index contributed by atoms with van der Waals surface area (Å²) in [5.41, 5.74) is 1.42. The fourth-order valence-electron chi connectivity index (χ4n) is 1.14. The second-order valence-electron chi connectivity index (χ2n) is 2.84. The molecule has 1 heterocycles. The molecular weight excluding hydrogens is 110 g/mol. The lowest BCUT2D eigenvalue weighted by Gasteiger charge is -2.22. The Bertz CT molecular complexity index is 106. The predicted molar refractivity (Wildman–Crippen MR) is 40.2 cm³/mol. The SMILES string of the molecule is C/C=C1\CCC(C)CN1. The second kappa shape index (κ2) is 2.90. The number of piperidine rings is 1. The van der Waals surface area contributed by atoms with Crippen LogP contribution in [-0.2, 0) is 0 Å². The molecule has 0 aliphatic carbocycles. The van der Waals surface area contributed by atoms with E-state index in [1.54, 1.807) is 0 Å². The summed E-state index contributed by atoms with van der Waals surface area (Å²) in [4.78, 5) is 0. The van der Waals surface area contributed by atoms with E-state index < -0.39 is 0 Å². The van der Waals surface area contributed by atoms with Crippen LogP contribution in [0.1, 0.15) is 26.7 Å². The third-order valence-electron chi connectivity index (χ3n) is 1.93. The molecule has 0 aromatic rings. The van der Waals surface area contributed by atoms with Crippen LogP contribution in [0.4, 0.5) is 0 Å². The Morgan fingerprint density at radius 1 is 1.67 bits per heavy atom. The average molecular weight is 125 g/mol. The monoisotopic (exact) mass is 125 g/mol. The van der Waals surface area contributed by atoms with E-state index in [4.69, 9.17) is 0 Å². The Kier molecular flexibility index (Phi) is 2.15. The van der Waals surface area contributed by atoms with Gasteiger partial charge >= 0.3 is 0 Å². The van der Waals surface area contributed by atoms with Crippen molar-refractivity contribution in [1.82, 2.24) is 5.32 Å². The number of rotatable bonds is 0. The molecule has 0 saturated carbocycles. The van der Waals surface area contributed by atoms with Crippen molar-refractivity contribution < 1.29 is 0 Å². The van der Waals surface area contributed by atoms with Gasteiger partial charge in [-0.15, -0.1) is 0 Å². The molecule has 0 aromatic heterocycles.